The van der Waals surface area contributed by atoms with Crippen LogP contribution >= 0.6 is 11.6 Å². The van der Waals surface area contributed by atoms with Crippen LogP contribution in [-0.4, -0.2) is 45.5 Å². The molecule has 1 saturated heterocycles. The molecule has 1 fully saturated rings. The van der Waals surface area contributed by atoms with Gasteiger partial charge in [-0.3, -0.25) is 4.99 Å². The number of hydrogen-bond acceptors (Lipinski definition) is 3. The van der Waals surface area contributed by atoms with Crippen molar-refractivity contribution >= 4 is 17.6 Å². The predicted octanol–water partition coefficient (Wildman–Crippen LogP) is 2.76. The van der Waals surface area contributed by atoms with E-state index in [0.29, 0.717) is 19.8 Å². The molecule has 2 atom stereocenters. The Hall–Kier alpha value is -1.30. The van der Waals surface area contributed by atoms with E-state index in [1.54, 1.807) is 7.05 Å². The van der Waals surface area contributed by atoms with Gasteiger partial charge in [-0.25, -0.2) is 0 Å². The van der Waals surface area contributed by atoms with E-state index in [1.165, 1.54) is 0 Å². The Bertz CT molecular complexity index is 504. The molecule has 1 aromatic carbocycles. The van der Waals surface area contributed by atoms with Gasteiger partial charge in [0.05, 0.1) is 25.4 Å². The number of ether oxygens (including phenoxy) is 2. The van der Waals surface area contributed by atoms with E-state index in [9.17, 15) is 0 Å². The van der Waals surface area contributed by atoms with Crippen LogP contribution in [0.15, 0.2) is 29.3 Å². The zero-order chi connectivity index (χ0) is 16.5. The van der Waals surface area contributed by atoms with Crippen molar-refractivity contribution in [2.45, 2.75) is 31.9 Å². The molecule has 0 radical (unpaired) electrons. The zero-order valence-corrected chi connectivity index (χ0v) is 14.6. The molecule has 2 N–H and O–H groups in total. The highest BCUT2D eigenvalue weighted by Crippen LogP contribution is 2.21. The maximum Gasteiger partial charge on any atom is 0.191 e. The first-order valence-corrected chi connectivity index (χ1v) is 8.49. The van der Waals surface area contributed by atoms with Crippen molar-refractivity contribution in [1.29, 1.82) is 0 Å². The summed E-state index contributed by atoms with van der Waals surface area (Å²) in [5, 5.41) is 7.33. The number of nitrogens with one attached hydrogen (secondary N) is 2. The third-order valence-corrected chi connectivity index (χ3v) is 4.16. The van der Waals surface area contributed by atoms with Gasteiger partial charge in [0.2, 0.25) is 0 Å². The molecule has 1 aliphatic rings. The van der Waals surface area contributed by atoms with E-state index in [2.05, 4.69) is 22.5 Å². The molecule has 0 bridgehead atoms. The number of halogens is 1. The molecule has 5 nitrogen and oxygen atoms in total. The fraction of sp³-hybridized carbons (Fsp3) is 0.588. The third kappa shape index (κ3) is 6.01. The van der Waals surface area contributed by atoms with Gasteiger partial charge in [0.25, 0.3) is 0 Å². The molecule has 0 spiro atoms. The van der Waals surface area contributed by atoms with E-state index in [-0.39, 0.29) is 12.1 Å². The fourth-order valence-corrected chi connectivity index (χ4v) is 2.84. The van der Waals surface area contributed by atoms with Gasteiger partial charge in [0.15, 0.2) is 5.96 Å². The minimum Gasteiger partial charge on any atom is -0.377 e. The van der Waals surface area contributed by atoms with Crippen molar-refractivity contribution in [2.75, 3.05) is 33.4 Å². The lowest BCUT2D eigenvalue weighted by Gasteiger charge is -2.19. The molecule has 0 aromatic heterocycles. The van der Waals surface area contributed by atoms with Crippen LogP contribution in [0.5, 0.6) is 0 Å². The highest BCUT2D eigenvalue weighted by Gasteiger charge is 2.15. The molecule has 128 valence electrons. The Kier molecular flexibility index (Phi) is 7.65. The summed E-state index contributed by atoms with van der Waals surface area (Å²) in [4.78, 5) is 4.23. The van der Waals surface area contributed by atoms with Crippen molar-refractivity contribution in [3.05, 3.63) is 34.9 Å². The van der Waals surface area contributed by atoms with Crippen LogP contribution in [-0.2, 0) is 9.47 Å². The molecule has 2 unspecified atom stereocenters. The average Bonchev–Trinajstić information content (AvgIpc) is 3.07. The van der Waals surface area contributed by atoms with Crippen LogP contribution in [0.3, 0.4) is 0 Å². The second kappa shape index (κ2) is 9.75. The summed E-state index contributed by atoms with van der Waals surface area (Å²) in [6.07, 6.45) is 2.52. The van der Waals surface area contributed by atoms with Crippen LogP contribution in [0, 0.1) is 0 Å². The molecule has 1 aromatic rings. The minimum atomic E-state index is 0.0720. The standard InChI is InChI=1S/C17H26ClN3O2/c1-13(15-7-3-4-8-16(15)18)21-17(19-2)20-9-11-22-12-14-6-5-10-23-14/h3-4,7-8,13-14H,5-6,9-12H2,1-2H3,(H2,19,20,21). The van der Waals surface area contributed by atoms with E-state index in [1.807, 2.05) is 24.3 Å². The highest BCUT2D eigenvalue weighted by molar-refractivity contribution is 6.31. The Labute approximate surface area is 143 Å². The van der Waals surface area contributed by atoms with E-state index < -0.39 is 0 Å². The first-order chi connectivity index (χ1) is 11.2. The SMILES string of the molecule is CN=C(NCCOCC1CCCO1)NC(C)c1ccccc1Cl. The zero-order valence-electron chi connectivity index (χ0n) is 13.8. The van der Waals surface area contributed by atoms with Gasteiger partial charge in [-0.05, 0) is 31.4 Å². The summed E-state index contributed by atoms with van der Waals surface area (Å²) in [6, 6.07) is 7.89. The summed E-state index contributed by atoms with van der Waals surface area (Å²) in [6.45, 7) is 4.91. The normalized spacial score (nSPS) is 19.6. The molecule has 1 heterocycles. The van der Waals surface area contributed by atoms with Gasteiger partial charge in [-0.2, -0.15) is 0 Å². The van der Waals surface area contributed by atoms with Gasteiger partial charge < -0.3 is 20.1 Å². The van der Waals surface area contributed by atoms with Gasteiger partial charge >= 0.3 is 0 Å². The van der Waals surface area contributed by atoms with Crippen LogP contribution in [0.2, 0.25) is 5.02 Å². The Morgan fingerprint density at radius 3 is 3.00 bits per heavy atom. The minimum absolute atomic E-state index is 0.0720. The van der Waals surface area contributed by atoms with Crippen LogP contribution in [0.4, 0.5) is 0 Å². The Morgan fingerprint density at radius 1 is 1.48 bits per heavy atom. The van der Waals surface area contributed by atoms with Crippen LogP contribution in [0.1, 0.15) is 31.4 Å². The van der Waals surface area contributed by atoms with Crippen molar-refractivity contribution in [3.8, 4) is 0 Å². The quantitative estimate of drug-likeness (QED) is 0.455. The first-order valence-electron chi connectivity index (χ1n) is 8.11. The first kappa shape index (κ1) is 18.0. The van der Waals surface area contributed by atoms with Crippen LogP contribution in [0.25, 0.3) is 0 Å². The van der Waals surface area contributed by atoms with Crippen molar-refractivity contribution in [1.82, 2.24) is 10.6 Å². The number of hydrogen-bond donors (Lipinski definition) is 2. The maximum absolute atomic E-state index is 6.22. The lowest BCUT2D eigenvalue weighted by molar-refractivity contribution is 0.0191. The molecule has 6 heteroatoms. The Balaban J connectivity index is 1.67. The molecular weight excluding hydrogens is 314 g/mol. The second-order valence-corrected chi connectivity index (χ2v) is 6.00. The predicted molar refractivity (Wildman–Crippen MR) is 94.2 cm³/mol. The van der Waals surface area contributed by atoms with Crippen molar-refractivity contribution in [3.63, 3.8) is 0 Å². The number of benzene rings is 1. The highest BCUT2D eigenvalue weighted by atomic mass is 35.5. The number of nitrogens with zero attached hydrogens (tertiary/aromatic N) is 1. The maximum atomic E-state index is 6.22. The summed E-state index contributed by atoms with van der Waals surface area (Å²) in [5.74, 6) is 0.734. The third-order valence-electron chi connectivity index (χ3n) is 3.82. The lowest BCUT2D eigenvalue weighted by Crippen LogP contribution is -2.40. The summed E-state index contributed by atoms with van der Waals surface area (Å²) < 4.78 is 11.2. The second-order valence-electron chi connectivity index (χ2n) is 5.60. The summed E-state index contributed by atoms with van der Waals surface area (Å²) in [5.41, 5.74) is 1.05. The average molecular weight is 340 g/mol. The van der Waals surface area contributed by atoms with E-state index in [4.69, 9.17) is 21.1 Å². The largest absolute Gasteiger partial charge is 0.377 e. The van der Waals surface area contributed by atoms with E-state index in [0.717, 1.165) is 36.0 Å². The Morgan fingerprint density at radius 2 is 2.30 bits per heavy atom. The molecule has 2 rings (SSSR count). The summed E-state index contributed by atoms with van der Waals surface area (Å²) in [7, 11) is 1.75. The molecule has 0 saturated carbocycles. The van der Waals surface area contributed by atoms with Gasteiger partial charge in [0, 0.05) is 25.2 Å². The number of aliphatic imine (C=N–C) groups is 1. The van der Waals surface area contributed by atoms with Gasteiger partial charge in [-0.15, -0.1) is 0 Å². The topological polar surface area (TPSA) is 54.9 Å². The fourth-order valence-electron chi connectivity index (χ4n) is 2.54. The molecule has 0 amide bonds. The smallest absolute Gasteiger partial charge is 0.191 e. The van der Waals surface area contributed by atoms with Gasteiger partial charge in [-0.1, -0.05) is 29.8 Å². The lowest BCUT2D eigenvalue weighted by atomic mass is 10.1. The van der Waals surface area contributed by atoms with Crippen LogP contribution < -0.4 is 10.6 Å². The molecular formula is C17H26ClN3O2. The van der Waals surface area contributed by atoms with Gasteiger partial charge in [0.1, 0.15) is 0 Å². The molecule has 1 aliphatic heterocycles. The van der Waals surface area contributed by atoms with Crippen molar-refractivity contribution in [2.24, 2.45) is 4.99 Å². The number of rotatable bonds is 7. The number of guanidine groups is 1. The molecule has 23 heavy (non-hydrogen) atoms. The summed E-state index contributed by atoms with van der Waals surface area (Å²) >= 11 is 6.22. The van der Waals surface area contributed by atoms with Crippen molar-refractivity contribution < 1.29 is 9.47 Å². The van der Waals surface area contributed by atoms with E-state index >= 15 is 0 Å². The monoisotopic (exact) mass is 339 g/mol. The molecule has 0 aliphatic carbocycles.